The van der Waals surface area contributed by atoms with E-state index >= 15 is 0 Å². The number of para-hydroxylation sites is 1. The number of carbonyl (C=O) groups excluding carboxylic acids is 1. The number of urea groups is 1. The lowest BCUT2D eigenvalue weighted by Gasteiger charge is -2.12. The number of nitrogens with zero attached hydrogens (tertiary/aromatic N) is 1. The maximum absolute atomic E-state index is 12.0. The van der Waals surface area contributed by atoms with Crippen LogP contribution in [-0.2, 0) is 6.54 Å². The minimum Gasteiger partial charge on any atom is -0.492 e. The fraction of sp³-hybridized carbons (Fsp3) is 0.278. The molecule has 0 saturated heterocycles. The highest BCUT2D eigenvalue weighted by Gasteiger charge is 2.05. The van der Waals surface area contributed by atoms with Gasteiger partial charge in [-0.15, -0.1) is 0 Å². The van der Waals surface area contributed by atoms with E-state index in [2.05, 4.69) is 31.5 Å². The van der Waals surface area contributed by atoms with Gasteiger partial charge in [-0.05, 0) is 59.9 Å². The molecule has 128 valence electrons. The van der Waals surface area contributed by atoms with Gasteiger partial charge in [0.15, 0.2) is 0 Å². The Morgan fingerprint density at radius 3 is 2.71 bits per heavy atom. The van der Waals surface area contributed by atoms with E-state index in [4.69, 9.17) is 4.74 Å². The van der Waals surface area contributed by atoms with E-state index in [1.165, 1.54) is 0 Å². The first-order valence-electron chi connectivity index (χ1n) is 7.70. The fourth-order valence-electron chi connectivity index (χ4n) is 2.00. The average molecular weight is 392 g/mol. The Balaban J connectivity index is 1.83. The quantitative estimate of drug-likeness (QED) is 0.756. The van der Waals surface area contributed by atoms with Crippen LogP contribution in [0.15, 0.2) is 53.0 Å². The van der Waals surface area contributed by atoms with Crippen LogP contribution in [-0.4, -0.2) is 38.2 Å². The third-order valence-electron chi connectivity index (χ3n) is 3.28. The number of amides is 2. The predicted octanol–water partition coefficient (Wildman–Crippen LogP) is 3.71. The van der Waals surface area contributed by atoms with Crippen molar-refractivity contribution in [2.24, 2.45) is 0 Å². The van der Waals surface area contributed by atoms with E-state index in [-0.39, 0.29) is 6.03 Å². The largest absolute Gasteiger partial charge is 0.492 e. The molecule has 2 aromatic carbocycles. The van der Waals surface area contributed by atoms with Gasteiger partial charge in [-0.3, -0.25) is 0 Å². The van der Waals surface area contributed by atoms with E-state index in [0.717, 1.165) is 28.0 Å². The zero-order chi connectivity index (χ0) is 17.4. The molecule has 0 radical (unpaired) electrons. The normalized spacial score (nSPS) is 10.5. The minimum atomic E-state index is -0.249. The second-order valence-corrected chi connectivity index (χ2v) is 6.44. The summed E-state index contributed by atoms with van der Waals surface area (Å²) in [6.45, 7) is 1.92. The zero-order valence-electron chi connectivity index (χ0n) is 13.9. The van der Waals surface area contributed by atoms with E-state index in [1.54, 1.807) is 0 Å². The van der Waals surface area contributed by atoms with Crippen molar-refractivity contribution in [1.29, 1.82) is 0 Å². The summed E-state index contributed by atoms with van der Waals surface area (Å²) in [5, 5.41) is 5.65. The zero-order valence-corrected chi connectivity index (χ0v) is 15.5. The highest BCUT2D eigenvalue weighted by molar-refractivity contribution is 9.10. The van der Waals surface area contributed by atoms with E-state index < -0.39 is 0 Å². The van der Waals surface area contributed by atoms with Crippen LogP contribution in [0.2, 0.25) is 0 Å². The van der Waals surface area contributed by atoms with Gasteiger partial charge in [-0.1, -0.05) is 24.3 Å². The van der Waals surface area contributed by atoms with Crippen LogP contribution >= 0.6 is 15.9 Å². The van der Waals surface area contributed by atoms with Gasteiger partial charge in [-0.25, -0.2) is 4.79 Å². The molecule has 0 aliphatic rings. The molecule has 0 unspecified atom stereocenters. The number of rotatable bonds is 7. The van der Waals surface area contributed by atoms with Crippen LogP contribution in [0.1, 0.15) is 5.56 Å². The summed E-state index contributed by atoms with van der Waals surface area (Å²) in [4.78, 5) is 14.1. The molecule has 2 N–H and O–H groups in total. The molecule has 0 heterocycles. The molecule has 5 nitrogen and oxygen atoms in total. The smallest absolute Gasteiger partial charge is 0.319 e. The predicted molar refractivity (Wildman–Crippen MR) is 100 cm³/mol. The molecule has 0 atom stereocenters. The standard InChI is InChI=1S/C18H22BrN3O2/c1-22(2)10-11-24-15-7-5-6-14(12-15)13-20-18(23)21-17-9-4-3-8-16(17)19/h3-9,12H,10-11,13H2,1-2H3,(H2,20,21,23). The highest BCUT2D eigenvalue weighted by atomic mass is 79.9. The van der Waals surface area contributed by atoms with Gasteiger partial charge in [0.05, 0.1) is 5.69 Å². The number of benzene rings is 2. The molecule has 0 fully saturated rings. The summed E-state index contributed by atoms with van der Waals surface area (Å²) in [5.74, 6) is 0.808. The van der Waals surface area contributed by atoms with Crippen LogP contribution in [0.3, 0.4) is 0 Å². The summed E-state index contributed by atoms with van der Waals surface area (Å²) in [7, 11) is 4.01. The van der Waals surface area contributed by atoms with E-state index in [1.807, 2.05) is 62.6 Å². The molecule has 0 aliphatic carbocycles. The van der Waals surface area contributed by atoms with Gasteiger partial charge in [0.1, 0.15) is 12.4 Å². The minimum absolute atomic E-state index is 0.249. The van der Waals surface area contributed by atoms with Gasteiger partial charge in [-0.2, -0.15) is 0 Å². The second kappa shape index (κ2) is 9.30. The molecule has 0 saturated carbocycles. The van der Waals surface area contributed by atoms with Gasteiger partial charge in [0.25, 0.3) is 0 Å². The Hall–Kier alpha value is -2.05. The van der Waals surface area contributed by atoms with Gasteiger partial charge < -0.3 is 20.3 Å². The second-order valence-electron chi connectivity index (χ2n) is 5.59. The molecule has 2 rings (SSSR count). The monoisotopic (exact) mass is 391 g/mol. The van der Waals surface area contributed by atoms with E-state index in [0.29, 0.717) is 13.2 Å². The molecule has 2 amide bonds. The van der Waals surface area contributed by atoms with Crippen molar-refractivity contribution >= 4 is 27.6 Å². The molecule has 2 aromatic rings. The lowest BCUT2D eigenvalue weighted by Crippen LogP contribution is -2.28. The van der Waals surface area contributed by atoms with Gasteiger partial charge in [0.2, 0.25) is 0 Å². The molecule has 24 heavy (non-hydrogen) atoms. The first-order chi connectivity index (χ1) is 11.5. The van der Waals surface area contributed by atoms with Crippen LogP contribution in [0.25, 0.3) is 0 Å². The van der Waals surface area contributed by atoms with Crippen molar-refractivity contribution < 1.29 is 9.53 Å². The molecule has 0 aromatic heterocycles. The van der Waals surface area contributed by atoms with Crippen molar-refractivity contribution in [1.82, 2.24) is 10.2 Å². The van der Waals surface area contributed by atoms with Crippen molar-refractivity contribution in [2.75, 3.05) is 32.6 Å². The lowest BCUT2D eigenvalue weighted by atomic mass is 10.2. The summed E-state index contributed by atoms with van der Waals surface area (Å²) in [5.41, 5.74) is 1.72. The molecule has 6 heteroatoms. The number of halogens is 1. The lowest BCUT2D eigenvalue weighted by molar-refractivity contribution is 0.251. The topological polar surface area (TPSA) is 53.6 Å². The number of nitrogens with one attached hydrogen (secondary N) is 2. The number of anilines is 1. The Kier molecular flexibility index (Phi) is 7.08. The van der Waals surface area contributed by atoms with Crippen molar-refractivity contribution in [3.05, 3.63) is 58.6 Å². The Morgan fingerprint density at radius 2 is 1.96 bits per heavy atom. The molecular weight excluding hydrogens is 370 g/mol. The Labute approximate surface area is 151 Å². The van der Waals surface area contributed by atoms with Crippen molar-refractivity contribution in [3.8, 4) is 5.75 Å². The maximum atomic E-state index is 12.0. The third-order valence-corrected chi connectivity index (χ3v) is 3.97. The van der Waals surface area contributed by atoms with Crippen molar-refractivity contribution in [2.45, 2.75) is 6.54 Å². The number of ether oxygens (including phenoxy) is 1. The first kappa shape index (κ1) is 18.3. The summed E-state index contributed by atoms with van der Waals surface area (Å²) in [6.07, 6.45) is 0. The van der Waals surface area contributed by atoms with Gasteiger partial charge in [0, 0.05) is 17.6 Å². The SMILES string of the molecule is CN(C)CCOc1cccc(CNC(=O)Nc2ccccc2Br)c1. The number of hydrogen-bond donors (Lipinski definition) is 2. The number of hydrogen-bond acceptors (Lipinski definition) is 3. The van der Waals surface area contributed by atoms with Crippen LogP contribution in [0.4, 0.5) is 10.5 Å². The van der Waals surface area contributed by atoms with E-state index in [9.17, 15) is 4.79 Å². The van der Waals surface area contributed by atoms with Crippen molar-refractivity contribution in [3.63, 3.8) is 0 Å². The maximum Gasteiger partial charge on any atom is 0.319 e. The Bertz CT molecular complexity index is 677. The van der Waals surface area contributed by atoms with Crippen LogP contribution in [0.5, 0.6) is 5.75 Å². The molecule has 0 aliphatic heterocycles. The molecule has 0 bridgehead atoms. The van der Waals surface area contributed by atoms with Crippen LogP contribution in [0, 0.1) is 0 Å². The fourth-order valence-corrected chi connectivity index (χ4v) is 2.39. The first-order valence-corrected chi connectivity index (χ1v) is 8.50. The number of likely N-dealkylation sites (N-methyl/N-ethyl adjacent to an activating group) is 1. The molecular formula is C18H22BrN3O2. The summed E-state index contributed by atoms with van der Waals surface area (Å²) >= 11 is 3.40. The average Bonchev–Trinajstić information content (AvgIpc) is 2.55. The summed E-state index contributed by atoms with van der Waals surface area (Å²) in [6, 6.07) is 15.0. The highest BCUT2D eigenvalue weighted by Crippen LogP contribution is 2.21. The van der Waals surface area contributed by atoms with Crippen LogP contribution < -0.4 is 15.4 Å². The Morgan fingerprint density at radius 1 is 1.17 bits per heavy atom. The number of carbonyl (C=O) groups is 1. The van der Waals surface area contributed by atoms with Gasteiger partial charge >= 0.3 is 6.03 Å². The summed E-state index contributed by atoms with van der Waals surface area (Å²) < 4.78 is 6.54. The molecule has 0 spiro atoms. The third kappa shape index (κ3) is 6.22.